The van der Waals surface area contributed by atoms with E-state index < -0.39 is 0 Å². The zero-order valence-electron chi connectivity index (χ0n) is 11.5. The molecular weight excluding hydrogens is 288 g/mol. The van der Waals surface area contributed by atoms with E-state index in [1.165, 1.54) is 6.21 Å². The predicted molar refractivity (Wildman–Crippen MR) is 84.7 cm³/mol. The Labute approximate surface area is 128 Å². The lowest BCUT2D eigenvalue weighted by molar-refractivity contribution is -0.119. The summed E-state index contributed by atoms with van der Waals surface area (Å²) in [6.07, 6.45) is 4.87. The molecule has 0 unspecified atom stereocenters. The van der Waals surface area contributed by atoms with Gasteiger partial charge in [-0.25, -0.2) is 5.43 Å². The van der Waals surface area contributed by atoms with Crippen molar-refractivity contribution in [3.8, 4) is 0 Å². The SMILES string of the molecule is Cc1c(Cl)cccc1NCC(=O)N/N=C\c1cccnc1. The molecule has 1 aromatic heterocycles. The zero-order chi connectivity index (χ0) is 15.1. The van der Waals surface area contributed by atoms with Crippen LogP contribution in [0.25, 0.3) is 0 Å². The molecule has 5 nitrogen and oxygen atoms in total. The van der Waals surface area contributed by atoms with E-state index in [9.17, 15) is 4.79 Å². The summed E-state index contributed by atoms with van der Waals surface area (Å²) in [7, 11) is 0. The number of aromatic nitrogens is 1. The van der Waals surface area contributed by atoms with Crippen molar-refractivity contribution in [2.45, 2.75) is 6.92 Å². The molecule has 0 saturated carbocycles. The molecule has 0 saturated heterocycles. The molecule has 2 aromatic rings. The van der Waals surface area contributed by atoms with Crippen LogP contribution in [-0.4, -0.2) is 23.7 Å². The van der Waals surface area contributed by atoms with Gasteiger partial charge in [-0.2, -0.15) is 5.10 Å². The summed E-state index contributed by atoms with van der Waals surface area (Å²) in [5.41, 5.74) is 4.99. The van der Waals surface area contributed by atoms with E-state index in [4.69, 9.17) is 11.6 Å². The Bertz CT molecular complexity index is 643. The van der Waals surface area contributed by atoms with Gasteiger partial charge in [0.2, 0.25) is 0 Å². The van der Waals surface area contributed by atoms with Crippen molar-refractivity contribution in [1.29, 1.82) is 0 Å². The van der Waals surface area contributed by atoms with E-state index in [0.29, 0.717) is 5.02 Å². The monoisotopic (exact) mass is 302 g/mol. The predicted octanol–water partition coefficient (Wildman–Crippen LogP) is 2.61. The number of hydrazone groups is 1. The number of hydrogen-bond acceptors (Lipinski definition) is 4. The molecular formula is C15H15ClN4O. The number of nitrogens with one attached hydrogen (secondary N) is 2. The number of nitrogens with zero attached hydrogens (tertiary/aromatic N) is 2. The Morgan fingerprint density at radius 2 is 2.24 bits per heavy atom. The Hall–Kier alpha value is -2.40. The van der Waals surface area contributed by atoms with Crippen LogP contribution in [-0.2, 0) is 4.79 Å². The van der Waals surface area contributed by atoms with Crippen LogP contribution in [0.3, 0.4) is 0 Å². The summed E-state index contributed by atoms with van der Waals surface area (Å²) in [6, 6.07) is 9.15. The normalized spacial score (nSPS) is 10.6. The summed E-state index contributed by atoms with van der Waals surface area (Å²) in [6.45, 7) is 2.01. The van der Waals surface area contributed by atoms with Crippen LogP contribution < -0.4 is 10.7 Å². The molecule has 21 heavy (non-hydrogen) atoms. The fourth-order valence-corrected chi connectivity index (χ4v) is 1.82. The smallest absolute Gasteiger partial charge is 0.259 e. The van der Waals surface area contributed by atoms with Gasteiger partial charge in [-0.05, 0) is 30.7 Å². The summed E-state index contributed by atoms with van der Waals surface area (Å²) >= 11 is 6.01. The standard InChI is InChI=1S/C15H15ClN4O/c1-11-13(16)5-2-6-14(11)18-10-15(21)20-19-9-12-4-3-7-17-8-12/h2-9,18H,10H2,1H3,(H,20,21)/b19-9-. The lowest BCUT2D eigenvalue weighted by Gasteiger charge is -2.09. The maximum Gasteiger partial charge on any atom is 0.259 e. The number of pyridine rings is 1. The van der Waals surface area contributed by atoms with Gasteiger partial charge in [0.25, 0.3) is 5.91 Å². The second-order valence-electron chi connectivity index (χ2n) is 4.35. The van der Waals surface area contributed by atoms with Crippen LogP contribution in [0.15, 0.2) is 47.8 Å². The largest absolute Gasteiger partial charge is 0.376 e. The first-order valence-corrected chi connectivity index (χ1v) is 6.75. The topological polar surface area (TPSA) is 66.4 Å². The molecule has 0 bridgehead atoms. The summed E-state index contributed by atoms with van der Waals surface area (Å²) in [5, 5.41) is 7.54. The first kappa shape index (κ1) is 15.0. The number of benzene rings is 1. The van der Waals surface area contributed by atoms with Crippen molar-refractivity contribution < 1.29 is 4.79 Å². The fraction of sp³-hybridized carbons (Fsp3) is 0.133. The van der Waals surface area contributed by atoms with E-state index in [0.717, 1.165) is 16.8 Å². The third-order valence-corrected chi connectivity index (χ3v) is 3.20. The fourth-order valence-electron chi connectivity index (χ4n) is 1.65. The van der Waals surface area contributed by atoms with E-state index >= 15 is 0 Å². The van der Waals surface area contributed by atoms with Gasteiger partial charge in [0, 0.05) is 28.7 Å². The van der Waals surface area contributed by atoms with Crippen molar-refractivity contribution >= 4 is 29.4 Å². The minimum Gasteiger partial charge on any atom is -0.376 e. The number of carbonyl (C=O) groups excluding carboxylic acids is 1. The number of anilines is 1. The maximum absolute atomic E-state index is 11.7. The minimum absolute atomic E-state index is 0.117. The Balaban J connectivity index is 1.83. The molecule has 0 aliphatic heterocycles. The van der Waals surface area contributed by atoms with Crippen LogP contribution in [0.2, 0.25) is 5.02 Å². The van der Waals surface area contributed by atoms with Gasteiger partial charge in [0.05, 0.1) is 12.8 Å². The van der Waals surface area contributed by atoms with Crippen molar-refractivity contribution in [3.63, 3.8) is 0 Å². The second-order valence-corrected chi connectivity index (χ2v) is 4.75. The summed E-state index contributed by atoms with van der Waals surface area (Å²) in [4.78, 5) is 15.6. The molecule has 0 spiro atoms. The highest BCUT2D eigenvalue weighted by molar-refractivity contribution is 6.31. The molecule has 0 aliphatic carbocycles. The number of hydrogen-bond donors (Lipinski definition) is 2. The van der Waals surface area contributed by atoms with Crippen LogP contribution in [0.5, 0.6) is 0 Å². The molecule has 0 atom stereocenters. The zero-order valence-corrected chi connectivity index (χ0v) is 12.3. The van der Waals surface area contributed by atoms with Crippen LogP contribution in [0.1, 0.15) is 11.1 Å². The van der Waals surface area contributed by atoms with Gasteiger partial charge < -0.3 is 5.32 Å². The van der Waals surface area contributed by atoms with Gasteiger partial charge in [-0.3, -0.25) is 9.78 Å². The Morgan fingerprint density at radius 3 is 3.00 bits per heavy atom. The molecule has 1 amide bonds. The molecule has 0 radical (unpaired) electrons. The molecule has 2 N–H and O–H groups in total. The highest BCUT2D eigenvalue weighted by Crippen LogP contribution is 2.22. The number of amides is 1. The van der Waals surface area contributed by atoms with Gasteiger partial charge in [-0.1, -0.05) is 23.7 Å². The highest BCUT2D eigenvalue weighted by Gasteiger charge is 2.04. The summed E-state index contributed by atoms with van der Waals surface area (Å²) < 4.78 is 0. The highest BCUT2D eigenvalue weighted by atomic mass is 35.5. The summed E-state index contributed by atoms with van der Waals surface area (Å²) in [5.74, 6) is -0.241. The lowest BCUT2D eigenvalue weighted by Crippen LogP contribution is -2.26. The van der Waals surface area contributed by atoms with Crippen molar-refractivity contribution in [1.82, 2.24) is 10.4 Å². The average molecular weight is 303 g/mol. The molecule has 2 rings (SSSR count). The number of rotatable bonds is 5. The van der Waals surface area contributed by atoms with Gasteiger partial charge in [0.1, 0.15) is 0 Å². The molecule has 0 aliphatic rings. The second kappa shape index (κ2) is 7.40. The van der Waals surface area contributed by atoms with Crippen molar-refractivity contribution in [2.24, 2.45) is 5.10 Å². The van der Waals surface area contributed by atoms with Crippen molar-refractivity contribution in [2.75, 3.05) is 11.9 Å². The molecule has 6 heteroatoms. The minimum atomic E-state index is -0.241. The van der Waals surface area contributed by atoms with Gasteiger partial charge in [-0.15, -0.1) is 0 Å². The van der Waals surface area contributed by atoms with E-state index in [-0.39, 0.29) is 12.5 Å². The van der Waals surface area contributed by atoms with Crippen LogP contribution in [0.4, 0.5) is 5.69 Å². The Kier molecular flexibility index (Phi) is 5.29. The first-order valence-electron chi connectivity index (χ1n) is 6.38. The molecule has 0 fully saturated rings. The number of halogens is 1. The van der Waals surface area contributed by atoms with Crippen molar-refractivity contribution in [3.05, 3.63) is 58.9 Å². The molecule has 108 valence electrons. The molecule has 1 aromatic carbocycles. The van der Waals surface area contributed by atoms with E-state index in [1.807, 2.05) is 25.1 Å². The van der Waals surface area contributed by atoms with E-state index in [2.05, 4.69) is 20.8 Å². The van der Waals surface area contributed by atoms with Gasteiger partial charge in [0.15, 0.2) is 0 Å². The van der Waals surface area contributed by atoms with E-state index in [1.54, 1.807) is 24.5 Å². The van der Waals surface area contributed by atoms with Crippen LogP contribution >= 0.6 is 11.6 Å². The third kappa shape index (κ3) is 4.57. The Morgan fingerprint density at radius 1 is 1.38 bits per heavy atom. The van der Waals surface area contributed by atoms with Crippen LogP contribution in [0, 0.1) is 6.92 Å². The third-order valence-electron chi connectivity index (χ3n) is 2.79. The number of carbonyl (C=O) groups is 1. The molecule has 1 heterocycles. The van der Waals surface area contributed by atoms with Gasteiger partial charge >= 0.3 is 0 Å². The average Bonchev–Trinajstić information content (AvgIpc) is 2.50. The quantitative estimate of drug-likeness (QED) is 0.659. The maximum atomic E-state index is 11.7. The first-order chi connectivity index (χ1) is 10.2. The lowest BCUT2D eigenvalue weighted by atomic mass is 10.2.